The van der Waals surface area contributed by atoms with Crippen LogP contribution in [0.4, 0.5) is 11.4 Å². The quantitative estimate of drug-likeness (QED) is 0.737. The van der Waals surface area contributed by atoms with Crippen LogP contribution in [0.1, 0.15) is 5.56 Å². The van der Waals surface area contributed by atoms with Gasteiger partial charge in [0.05, 0.1) is 16.3 Å². The Morgan fingerprint density at radius 2 is 1.82 bits per heavy atom. The number of ether oxygens (including phenoxy) is 2. The fraction of sp³-hybridized carbons (Fsp3) is 0.211. The molecular weight excluding hydrogens is 382 g/mol. The van der Waals surface area contributed by atoms with Crippen molar-refractivity contribution in [2.45, 2.75) is 4.90 Å². The van der Waals surface area contributed by atoms with Gasteiger partial charge in [0.25, 0.3) is 0 Å². The smallest absolute Gasteiger partial charge is 0.248 e. The van der Waals surface area contributed by atoms with Crippen LogP contribution in [-0.2, 0) is 14.8 Å². The minimum atomic E-state index is -3.88. The number of nitrogens with two attached hydrogens (primary N) is 1. The number of nitrogens with zero attached hydrogens (tertiary/aromatic N) is 1. The Labute approximate surface area is 163 Å². The van der Waals surface area contributed by atoms with E-state index in [1.807, 2.05) is 6.07 Å². The first-order valence-electron chi connectivity index (χ1n) is 8.47. The van der Waals surface area contributed by atoms with Gasteiger partial charge in [-0.25, -0.2) is 13.6 Å². The molecule has 1 aliphatic rings. The number of carbonyl (C=O) groups excluding carboxylic acids is 1. The molecule has 0 aromatic heterocycles. The third kappa shape index (κ3) is 4.62. The van der Waals surface area contributed by atoms with Gasteiger partial charge in [0.2, 0.25) is 15.9 Å². The van der Waals surface area contributed by atoms with Crippen LogP contribution in [0.5, 0.6) is 11.5 Å². The highest BCUT2D eigenvalue weighted by molar-refractivity contribution is 7.89. The minimum Gasteiger partial charge on any atom is -0.486 e. The first-order valence-corrected chi connectivity index (χ1v) is 10.0. The van der Waals surface area contributed by atoms with Gasteiger partial charge < -0.3 is 19.7 Å². The van der Waals surface area contributed by atoms with Crippen LogP contribution in [0.25, 0.3) is 6.08 Å². The summed E-state index contributed by atoms with van der Waals surface area (Å²) in [4.78, 5) is 14.0. The maximum Gasteiger partial charge on any atom is 0.248 e. The molecule has 148 valence electrons. The number of rotatable bonds is 5. The Balaban J connectivity index is 1.79. The van der Waals surface area contributed by atoms with Gasteiger partial charge in [-0.15, -0.1) is 0 Å². The van der Waals surface area contributed by atoms with Crippen molar-refractivity contribution in [3.05, 3.63) is 48.0 Å². The summed E-state index contributed by atoms with van der Waals surface area (Å²) in [5.41, 5.74) is 1.76. The van der Waals surface area contributed by atoms with E-state index in [4.69, 9.17) is 14.6 Å². The molecule has 0 radical (unpaired) electrons. The number of anilines is 2. The summed E-state index contributed by atoms with van der Waals surface area (Å²) in [7, 11) is -0.313. The van der Waals surface area contributed by atoms with Crippen molar-refractivity contribution in [2.75, 3.05) is 37.5 Å². The number of hydrogen-bond acceptors (Lipinski definition) is 6. The monoisotopic (exact) mass is 403 g/mol. The number of fused-ring (bicyclic) bond motifs is 1. The van der Waals surface area contributed by atoms with E-state index in [2.05, 4.69) is 5.32 Å². The molecule has 1 aliphatic heterocycles. The van der Waals surface area contributed by atoms with Crippen LogP contribution in [0, 0.1) is 0 Å². The van der Waals surface area contributed by atoms with Gasteiger partial charge in [0, 0.05) is 20.2 Å². The molecule has 0 aliphatic carbocycles. The topological polar surface area (TPSA) is 111 Å². The summed E-state index contributed by atoms with van der Waals surface area (Å²) in [6.07, 6.45) is 2.99. The molecule has 0 fully saturated rings. The molecule has 3 N–H and O–H groups in total. The molecule has 0 atom stereocenters. The Morgan fingerprint density at radius 3 is 2.50 bits per heavy atom. The lowest BCUT2D eigenvalue weighted by molar-refractivity contribution is -0.111. The lowest BCUT2D eigenvalue weighted by atomic mass is 10.1. The third-order valence-electron chi connectivity index (χ3n) is 4.03. The van der Waals surface area contributed by atoms with Crippen molar-refractivity contribution in [1.29, 1.82) is 0 Å². The first kappa shape index (κ1) is 19.7. The van der Waals surface area contributed by atoms with Gasteiger partial charge >= 0.3 is 0 Å². The zero-order chi connectivity index (χ0) is 20.3. The van der Waals surface area contributed by atoms with Gasteiger partial charge in [-0.05, 0) is 42.0 Å². The predicted octanol–water partition coefficient (Wildman–Crippen LogP) is 1.82. The van der Waals surface area contributed by atoms with Crippen LogP contribution in [0.15, 0.2) is 47.4 Å². The van der Waals surface area contributed by atoms with Gasteiger partial charge in [0.1, 0.15) is 13.2 Å². The number of sulfonamides is 1. The summed E-state index contributed by atoms with van der Waals surface area (Å²) in [5, 5.41) is 7.88. The SMILES string of the molecule is CN(C)c1ccc(S(N)(=O)=O)cc1NC(=O)/C=C/c1ccc2c(c1)OCCO2. The van der Waals surface area contributed by atoms with Crippen molar-refractivity contribution in [3.8, 4) is 11.5 Å². The maximum absolute atomic E-state index is 12.4. The number of carbonyl (C=O) groups is 1. The Hall–Kier alpha value is -3.04. The zero-order valence-corrected chi connectivity index (χ0v) is 16.3. The second-order valence-electron chi connectivity index (χ2n) is 6.34. The van der Waals surface area contributed by atoms with E-state index in [1.165, 1.54) is 18.2 Å². The number of primary sulfonamides is 1. The maximum atomic E-state index is 12.4. The highest BCUT2D eigenvalue weighted by Crippen LogP contribution is 2.31. The van der Waals surface area contributed by atoms with Crippen LogP contribution in [0.3, 0.4) is 0 Å². The lowest BCUT2D eigenvalue weighted by Gasteiger charge is -2.18. The molecule has 8 nitrogen and oxygen atoms in total. The number of benzene rings is 2. The van der Waals surface area contributed by atoms with E-state index >= 15 is 0 Å². The molecule has 0 saturated carbocycles. The third-order valence-corrected chi connectivity index (χ3v) is 4.94. The van der Waals surface area contributed by atoms with Crippen molar-refractivity contribution >= 4 is 33.4 Å². The normalized spacial score (nSPS) is 13.4. The van der Waals surface area contributed by atoms with Crippen LogP contribution < -0.4 is 24.8 Å². The standard InChI is InChI=1S/C19H21N3O5S/c1-22(2)16-6-5-14(28(20,24)25)12-15(16)21-19(23)8-4-13-3-7-17-18(11-13)27-10-9-26-17/h3-8,11-12H,9-10H2,1-2H3,(H,21,23)(H2,20,24,25)/b8-4+. The van der Waals surface area contributed by atoms with Crippen molar-refractivity contribution in [2.24, 2.45) is 5.14 Å². The Morgan fingerprint density at radius 1 is 1.11 bits per heavy atom. The van der Waals surface area contributed by atoms with E-state index < -0.39 is 15.9 Å². The number of hydrogen-bond donors (Lipinski definition) is 2. The molecule has 1 amide bonds. The van der Waals surface area contributed by atoms with Gasteiger partial charge in [0.15, 0.2) is 11.5 Å². The lowest BCUT2D eigenvalue weighted by Crippen LogP contribution is -2.17. The molecule has 1 heterocycles. The van der Waals surface area contributed by atoms with Crippen LogP contribution in [-0.4, -0.2) is 41.6 Å². The second kappa shape index (κ2) is 7.91. The number of amides is 1. The summed E-state index contributed by atoms with van der Waals surface area (Å²) >= 11 is 0. The van der Waals surface area contributed by atoms with Crippen LogP contribution in [0.2, 0.25) is 0 Å². The fourth-order valence-electron chi connectivity index (χ4n) is 2.69. The van der Waals surface area contributed by atoms with E-state index in [-0.39, 0.29) is 4.90 Å². The molecule has 2 aromatic rings. The summed E-state index contributed by atoms with van der Waals surface area (Å²) < 4.78 is 34.2. The highest BCUT2D eigenvalue weighted by Gasteiger charge is 2.14. The van der Waals surface area contributed by atoms with Gasteiger partial charge in [-0.3, -0.25) is 4.79 Å². The number of nitrogens with one attached hydrogen (secondary N) is 1. The second-order valence-corrected chi connectivity index (χ2v) is 7.91. The minimum absolute atomic E-state index is 0.0794. The van der Waals surface area contributed by atoms with Gasteiger partial charge in [-0.1, -0.05) is 6.07 Å². The van der Waals surface area contributed by atoms with E-state index in [0.717, 1.165) is 5.56 Å². The van der Waals surface area contributed by atoms with Crippen molar-refractivity contribution in [3.63, 3.8) is 0 Å². The largest absolute Gasteiger partial charge is 0.486 e. The molecule has 2 aromatic carbocycles. The predicted molar refractivity (Wildman–Crippen MR) is 107 cm³/mol. The van der Waals surface area contributed by atoms with E-state index in [9.17, 15) is 13.2 Å². The van der Waals surface area contributed by atoms with Gasteiger partial charge in [-0.2, -0.15) is 0 Å². The first-order chi connectivity index (χ1) is 13.2. The highest BCUT2D eigenvalue weighted by atomic mass is 32.2. The molecule has 3 rings (SSSR count). The average molecular weight is 403 g/mol. The van der Waals surface area contributed by atoms with E-state index in [1.54, 1.807) is 43.3 Å². The summed E-state index contributed by atoms with van der Waals surface area (Å²) in [6.45, 7) is 0.991. The summed E-state index contributed by atoms with van der Waals surface area (Å²) in [5.74, 6) is 0.886. The van der Waals surface area contributed by atoms with Crippen LogP contribution >= 0.6 is 0 Å². The summed E-state index contributed by atoms with van der Waals surface area (Å²) in [6, 6.07) is 9.69. The molecule has 0 bridgehead atoms. The Kier molecular flexibility index (Phi) is 5.57. The molecule has 0 saturated heterocycles. The molecular formula is C19H21N3O5S. The molecule has 9 heteroatoms. The average Bonchev–Trinajstić information content (AvgIpc) is 2.65. The molecule has 0 unspecified atom stereocenters. The molecule has 0 spiro atoms. The fourth-order valence-corrected chi connectivity index (χ4v) is 3.23. The van der Waals surface area contributed by atoms with E-state index in [0.29, 0.717) is 36.1 Å². The van der Waals surface area contributed by atoms with Crippen molar-refractivity contribution in [1.82, 2.24) is 0 Å². The molecule has 28 heavy (non-hydrogen) atoms. The zero-order valence-electron chi connectivity index (χ0n) is 15.5. The van der Waals surface area contributed by atoms with Crippen molar-refractivity contribution < 1.29 is 22.7 Å². The Bertz CT molecular complexity index is 1030.